The Balaban J connectivity index is 3.82. The molecule has 48 valence electrons. The highest BCUT2D eigenvalue weighted by Crippen LogP contribution is 2.09. The van der Waals surface area contributed by atoms with Crippen LogP contribution in [0.25, 0.3) is 0 Å². The molecule has 0 aromatic rings. The largest absolute Gasteiger partial charge is 0.457 e. The maximum absolute atomic E-state index is 11.0. The Bertz CT molecular complexity index is 95.2. The van der Waals surface area contributed by atoms with Crippen LogP contribution in [-0.2, 0) is 9.74 Å². The standard InChI is InChI=1S/C2HF3O3/c3-2(4,7)1(6)8-5/h7H. The van der Waals surface area contributed by atoms with Gasteiger partial charge in [0.2, 0.25) is 0 Å². The fourth-order valence-corrected chi connectivity index (χ4v) is 0.0464. The van der Waals surface area contributed by atoms with Crippen molar-refractivity contribution >= 4 is 5.97 Å². The van der Waals surface area contributed by atoms with E-state index in [0.717, 1.165) is 0 Å². The minimum Gasteiger partial charge on any atom is -0.327 e. The van der Waals surface area contributed by atoms with Crippen LogP contribution in [0.5, 0.6) is 0 Å². The molecule has 0 unspecified atom stereocenters. The molecule has 0 aromatic heterocycles. The van der Waals surface area contributed by atoms with Crippen molar-refractivity contribution in [1.82, 2.24) is 0 Å². The van der Waals surface area contributed by atoms with Crippen LogP contribution in [-0.4, -0.2) is 17.2 Å². The van der Waals surface area contributed by atoms with Gasteiger partial charge in [-0.2, -0.15) is 8.78 Å². The summed E-state index contributed by atoms with van der Waals surface area (Å²) in [6, 6.07) is 0. The molecular formula is C2HF3O3. The molecule has 0 spiro atoms. The molecule has 8 heavy (non-hydrogen) atoms. The minimum absolute atomic E-state index is 1.98. The molecule has 0 rings (SSSR count). The van der Waals surface area contributed by atoms with Crippen LogP contribution < -0.4 is 0 Å². The quantitative estimate of drug-likeness (QED) is 0.543. The van der Waals surface area contributed by atoms with E-state index in [-0.39, 0.29) is 0 Å². The summed E-state index contributed by atoms with van der Waals surface area (Å²) in [4.78, 5) is 11.2. The Morgan fingerprint density at radius 2 is 2.00 bits per heavy atom. The number of aliphatic hydroxyl groups is 1. The summed E-state index contributed by atoms with van der Waals surface area (Å²) in [5.41, 5.74) is 0. The SMILES string of the molecule is O=C(OF)C(O)(F)F. The summed E-state index contributed by atoms with van der Waals surface area (Å²) >= 11 is 0. The first-order valence-electron chi connectivity index (χ1n) is 1.41. The second kappa shape index (κ2) is 1.99. The first-order valence-corrected chi connectivity index (χ1v) is 1.41. The van der Waals surface area contributed by atoms with Gasteiger partial charge in [-0.15, -0.1) is 0 Å². The van der Waals surface area contributed by atoms with Crippen LogP contribution in [0.1, 0.15) is 0 Å². The van der Waals surface area contributed by atoms with Crippen LogP contribution in [0.4, 0.5) is 13.3 Å². The van der Waals surface area contributed by atoms with Gasteiger partial charge < -0.3 is 5.11 Å². The van der Waals surface area contributed by atoms with Gasteiger partial charge in [0.25, 0.3) is 0 Å². The van der Waals surface area contributed by atoms with Crippen molar-refractivity contribution in [2.75, 3.05) is 0 Å². The summed E-state index contributed by atoms with van der Waals surface area (Å²) in [7, 11) is 0. The van der Waals surface area contributed by atoms with Crippen molar-refractivity contribution < 1.29 is 28.1 Å². The lowest BCUT2D eigenvalue weighted by molar-refractivity contribution is -0.256. The van der Waals surface area contributed by atoms with Crippen molar-refractivity contribution in [3.63, 3.8) is 0 Å². The molecule has 0 saturated heterocycles. The Labute approximate surface area is 41.6 Å². The molecule has 0 aliphatic carbocycles. The maximum atomic E-state index is 11.0. The smallest absolute Gasteiger partial charge is 0.327 e. The lowest BCUT2D eigenvalue weighted by Crippen LogP contribution is -2.27. The molecule has 3 nitrogen and oxygen atoms in total. The average Bonchev–Trinajstić information content (AvgIpc) is 1.62. The number of alkyl halides is 2. The molecule has 0 saturated carbocycles. The maximum Gasteiger partial charge on any atom is 0.457 e. The summed E-state index contributed by atoms with van der Waals surface area (Å²) in [5, 5.41) is 7.24. The van der Waals surface area contributed by atoms with Crippen molar-refractivity contribution in [3.05, 3.63) is 0 Å². The normalized spacial score (nSPS) is 11.0. The fourth-order valence-electron chi connectivity index (χ4n) is 0.0464. The van der Waals surface area contributed by atoms with E-state index in [0.29, 0.717) is 0 Å². The van der Waals surface area contributed by atoms with Crippen molar-refractivity contribution in [3.8, 4) is 0 Å². The molecule has 0 bridgehead atoms. The molecule has 0 amide bonds. The van der Waals surface area contributed by atoms with Crippen LogP contribution in [0.2, 0.25) is 0 Å². The number of carbonyl (C=O) groups is 1. The molecule has 0 heterocycles. The van der Waals surface area contributed by atoms with Gasteiger partial charge in [0.05, 0.1) is 0 Å². The molecule has 1 N–H and O–H groups in total. The molecule has 0 atom stereocenters. The summed E-state index contributed by atoms with van der Waals surface area (Å²) in [5.74, 6) is -2.61. The predicted octanol–water partition coefficient (Wildman–Crippen LogP) is -0.000800. The molecule has 0 aliphatic rings. The monoisotopic (exact) mass is 130 g/mol. The van der Waals surface area contributed by atoms with Crippen LogP contribution in [0, 0.1) is 0 Å². The van der Waals surface area contributed by atoms with E-state index in [4.69, 9.17) is 5.11 Å². The number of hydrogen-bond acceptors (Lipinski definition) is 3. The van der Waals surface area contributed by atoms with Gasteiger partial charge in [-0.1, -0.05) is 0 Å². The third kappa shape index (κ3) is 1.78. The highest BCUT2D eigenvalue weighted by atomic mass is 19.3. The average molecular weight is 130 g/mol. The van der Waals surface area contributed by atoms with Gasteiger partial charge >= 0.3 is 12.1 Å². The summed E-state index contributed by atoms with van der Waals surface area (Å²) in [6.45, 7) is 0. The Hall–Kier alpha value is -0.780. The highest BCUT2D eigenvalue weighted by molar-refractivity contribution is 5.74. The molecule has 0 aromatic carbocycles. The summed E-state index contributed by atoms with van der Waals surface area (Å²) in [6.07, 6.45) is -4.73. The van der Waals surface area contributed by atoms with E-state index in [9.17, 15) is 18.1 Å². The zero-order valence-corrected chi connectivity index (χ0v) is 3.40. The molecule has 0 fully saturated rings. The second-order valence-corrected chi connectivity index (χ2v) is 0.906. The Morgan fingerprint density at radius 1 is 1.62 bits per heavy atom. The number of rotatable bonds is 1. The van der Waals surface area contributed by atoms with Crippen molar-refractivity contribution in [2.45, 2.75) is 6.11 Å². The first-order chi connectivity index (χ1) is 3.48. The van der Waals surface area contributed by atoms with E-state index >= 15 is 0 Å². The van der Waals surface area contributed by atoms with E-state index in [1.54, 1.807) is 0 Å². The molecular weight excluding hydrogens is 129 g/mol. The highest BCUT2D eigenvalue weighted by Gasteiger charge is 2.39. The number of halogens is 3. The second-order valence-electron chi connectivity index (χ2n) is 0.906. The first kappa shape index (κ1) is 7.22. The van der Waals surface area contributed by atoms with Gasteiger partial charge in [-0.05, 0) is 0 Å². The van der Waals surface area contributed by atoms with Gasteiger partial charge in [-0.3, -0.25) is 0 Å². The zero-order valence-electron chi connectivity index (χ0n) is 3.40. The lowest BCUT2D eigenvalue weighted by atomic mass is 10.7. The third-order valence-electron chi connectivity index (χ3n) is 0.316. The molecule has 0 aliphatic heterocycles. The van der Waals surface area contributed by atoms with E-state index < -0.39 is 12.1 Å². The van der Waals surface area contributed by atoms with Gasteiger partial charge in [-0.25, -0.2) is 9.74 Å². The van der Waals surface area contributed by atoms with Crippen molar-refractivity contribution in [1.29, 1.82) is 0 Å². The van der Waals surface area contributed by atoms with Crippen molar-refractivity contribution in [2.24, 2.45) is 0 Å². The number of carbonyl (C=O) groups excluding carboxylic acids is 1. The zero-order chi connectivity index (χ0) is 6.78. The van der Waals surface area contributed by atoms with Crippen LogP contribution in [0.15, 0.2) is 0 Å². The van der Waals surface area contributed by atoms with Gasteiger partial charge in [0.1, 0.15) is 0 Å². The van der Waals surface area contributed by atoms with E-state index in [1.807, 2.05) is 4.94 Å². The minimum atomic E-state index is -4.73. The third-order valence-corrected chi connectivity index (χ3v) is 0.316. The van der Waals surface area contributed by atoms with Gasteiger partial charge in [0.15, 0.2) is 0 Å². The van der Waals surface area contributed by atoms with Crippen LogP contribution >= 0.6 is 0 Å². The number of hydrogen-bond donors (Lipinski definition) is 1. The fraction of sp³-hybridized carbons (Fsp3) is 0.500. The predicted molar refractivity (Wildman–Crippen MR) is 14.4 cm³/mol. The van der Waals surface area contributed by atoms with Gasteiger partial charge in [0, 0.05) is 4.53 Å². The Kier molecular flexibility index (Phi) is 1.80. The molecule has 6 heteroatoms. The lowest BCUT2D eigenvalue weighted by Gasteiger charge is -1.99. The molecule has 0 radical (unpaired) electrons. The van der Waals surface area contributed by atoms with Crippen LogP contribution in [0.3, 0.4) is 0 Å². The van der Waals surface area contributed by atoms with E-state index in [1.165, 1.54) is 0 Å². The van der Waals surface area contributed by atoms with E-state index in [2.05, 4.69) is 0 Å². The topological polar surface area (TPSA) is 46.5 Å². The summed E-state index contributed by atoms with van der Waals surface area (Å²) < 4.78 is 32.3. The Morgan fingerprint density at radius 3 is 2.00 bits per heavy atom.